The maximum atomic E-state index is 13.8. The molecule has 2 aliphatic rings. The lowest BCUT2D eigenvalue weighted by molar-refractivity contribution is 0.0675. The maximum absolute atomic E-state index is 13.8. The van der Waals surface area contributed by atoms with Gasteiger partial charge < -0.3 is 14.2 Å². The lowest BCUT2D eigenvalue weighted by Gasteiger charge is -2.33. The molecule has 0 spiro atoms. The zero-order valence-corrected chi connectivity index (χ0v) is 21.4. The van der Waals surface area contributed by atoms with E-state index in [1.54, 1.807) is 21.3 Å². The first-order valence-electron chi connectivity index (χ1n) is 12.5. The molecule has 2 aliphatic heterocycles. The molecule has 0 atom stereocenters. The number of benzene rings is 1. The molecule has 0 unspecified atom stereocenters. The van der Waals surface area contributed by atoms with Crippen LogP contribution in [0.3, 0.4) is 0 Å². The van der Waals surface area contributed by atoms with Crippen LogP contribution in [0.15, 0.2) is 39.6 Å². The fourth-order valence-electron chi connectivity index (χ4n) is 4.89. The zero-order chi connectivity index (χ0) is 24.3. The van der Waals surface area contributed by atoms with Gasteiger partial charge in [0.1, 0.15) is 16.4 Å². The van der Waals surface area contributed by atoms with Gasteiger partial charge in [0.25, 0.3) is 5.91 Å². The maximum Gasteiger partial charge on any atom is 0.254 e. The number of anilines is 1. The van der Waals surface area contributed by atoms with Gasteiger partial charge in [0.15, 0.2) is 0 Å². The zero-order valence-electron chi connectivity index (χ0n) is 20.6. The average molecular weight is 488 g/mol. The Morgan fingerprint density at radius 1 is 0.971 bits per heavy atom. The van der Waals surface area contributed by atoms with Crippen LogP contribution in [0.25, 0.3) is 0 Å². The number of hydrogen-bond acceptors (Lipinski definition) is 5. The third-order valence-electron chi connectivity index (χ3n) is 6.84. The molecule has 1 aromatic heterocycles. The number of amides is 1. The molecule has 0 bridgehead atoms. The molecule has 34 heavy (non-hydrogen) atoms. The number of carbonyl (C=O) groups excluding carboxylic acids is 1. The van der Waals surface area contributed by atoms with Gasteiger partial charge in [-0.05, 0) is 83.2 Å². The average Bonchev–Trinajstić information content (AvgIpc) is 3.27. The normalized spacial score (nSPS) is 17.8. The summed E-state index contributed by atoms with van der Waals surface area (Å²) in [4.78, 5) is 17.8. The van der Waals surface area contributed by atoms with E-state index >= 15 is 0 Å². The molecule has 2 aromatic rings. The van der Waals surface area contributed by atoms with Gasteiger partial charge in [-0.1, -0.05) is 6.42 Å². The fourth-order valence-corrected chi connectivity index (χ4v) is 6.64. The van der Waals surface area contributed by atoms with E-state index in [1.807, 2.05) is 39.0 Å². The predicted octanol–water partition coefficient (Wildman–Crippen LogP) is 4.80. The van der Waals surface area contributed by atoms with Crippen LogP contribution in [-0.2, 0) is 16.6 Å². The summed E-state index contributed by atoms with van der Waals surface area (Å²) in [5, 5.41) is 0. The Morgan fingerprint density at radius 3 is 2.21 bits per heavy atom. The minimum absolute atomic E-state index is 0.0678. The van der Waals surface area contributed by atoms with E-state index < -0.39 is 10.0 Å². The molecule has 1 aromatic carbocycles. The minimum Gasteiger partial charge on any atom is -0.464 e. The summed E-state index contributed by atoms with van der Waals surface area (Å²) in [6.45, 7) is 8.89. The summed E-state index contributed by atoms with van der Waals surface area (Å²) in [6, 6.07) is 8.93. The van der Waals surface area contributed by atoms with Crippen molar-refractivity contribution in [1.29, 1.82) is 0 Å². The molecule has 3 heterocycles. The molecule has 0 N–H and O–H groups in total. The van der Waals surface area contributed by atoms with Crippen molar-refractivity contribution in [3.63, 3.8) is 0 Å². The summed E-state index contributed by atoms with van der Waals surface area (Å²) in [7, 11) is -3.70. The van der Waals surface area contributed by atoms with Crippen LogP contribution in [0.1, 0.15) is 74.3 Å². The molecule has 2 fully saturated rings. The highest BCUT2D eigenvalue weighted by molar-refractivity contribution is 7.89. The van der Waals surface area contributed by atoms with Crippen molar-refractivity contribution in [3.05, 3.63) is 47.4 Å². The van der Waals surface area contributed by atoms with Crippen LogP contribution >= 0.6 is 0 Å². The smallest absolute Gasteiger partial charge is 0.254 e. The molecule has 0 saturated carbocycles. The van der Waals surface area contributed by atoms with Crippen molar-refractivity contribution in [1.82, 2.24) is 9.21 Å². The number of sulfonamides is 1. The second kappa shape index (κ2) is 10.5. The number of furan rings is 1. The number of piperidine rings is 2. The lowest BCUT2D eigenvalue weighted by atomic mass is 10.1. The second-order valence-electron chi connectivity index (χ2n) is 9.73. The third-order valence-corrected chi connectivity index (χ3v) is 8.77. The van der Waals surface area contributed by atoms with Crippen LogP contribution in [0.5, 0.6) is 0 Å². The van der Waals surface area contributed by atoms with Gasteiger partial charge in [-0.3, -0.25) is 4.79 Å². The summed E-state index contributed by atoms with van der Waals surface area (Å²) >= 11 is 0. The Morgan fingerprint density at radius 2 is 1.62 bits per heavy atom. The molecule has 7 nitrogen and oxygen atoms in total. The van der Waals surface area contributed by atoms with Crippen molar-refractivity contribution < 1.29 is 17.6 Å². The van der Waals surface area contributed by atoms with Crippen LogP contribution in [0.2, 0.25) is 0 Å². The molecule has 0 aliphatic carbocycles. The Labute approximate surface area is 203 Å². The Balaban J connectivity index is 1.71. The van der Waals surface area contributed by atoms with Gasteiger partial charge >= 0.3 is 0 Å². The van der Waals surface area contributed by atoms with E-state index in [9.17, 15) is 13.2 Å². The van der Waals surface area contributed by atoms with Crippen molar-refractivity contribution in [2.24, 2.45) is 0 Å². The van der Waals surface area contributed by atoms with E-state index in [0.29, 0.717) is 31.0 Å². The number of rotatable bonds is 7. The first-order valence-corrected chi connectivity index (χ1v) is 14.0. The summed E-state index contributed by atoms with van der Waals surface area (Å²) < 4.78 is 34.9. The Bertz CT molecular complexity index is 1100. The van der Waals surface area contributed by atoms with Gasteiger partial charge in [-0.25, -0.2) is 8.42 Å². The highest BCUT2D eigenvalue weighted by Crippen LogP contribution is 2.33. The molecule has 1 amide bonds. The number of carbonyl (C=O) groups is 1. The van der Waals surface area contributed by atoms with Crippen LogP contribution < -0.4 is 4.90 Å². The summed E-state index contributed by atoms with van der Waals surface area (Å²) in [5.74, 6) is 1.32. The van der Waals surface area contributed by atoms with Gasteiger partial charge in [0, 0.05) is 37.8 Å². The monoisotopic (exact) mass is 487 g/mol. The SMILES string of the molecule is Cc1ccc(CN(C(=O)c2ccc(N3CCCCC3)c(S(=O)(=O)N3CCCCC3)c2)C(C)C)o1. The molecule has 0 radical (unpaired) electrons. The van der Waals surface area contributed by atoms with Gasteiger partial charge in [-0.2, -0.15) is 4.31 Å². The highest BCUT2D eigenvalue weighted by Gasteiger charge is 2.32. The van der Waals surface area contributed by atoms with Gasteiger partial charge in [0.05, 0.1) is 12.2 Å². The topological polar surface area (TPSA) is 74.1 Å². The molecule has 8 heteroatoms. The van der Waals surface area contributed by atoms with Crippen molar-refractivity contribution in [2.45, 2.75) is 76.8 Å². The quantitative estimate of drug-likeness (QED) is 0.561. The Hall–Kier alpha value is -2.32. The first-order chi connectivity index (χ1) is 16.3. The molecule has 2 saturated heterocycles. The van der Waals surface area contributed by atoms with Gasteiger partial charge in [0.2, 0.25) is 10.0 Å². The Kier molecular flexibility index (Phi) is 7.67. The van der Waals surface area contributed by atoms with Crippen LogP contribution in [0, 0.1) is 6.92 Å². The minimum atomic E-state index is -3.70. The fraction of sp³-hybridized carbons (Fsp3) is 0.577. The van der Waals surface area contributed by atoms with E-state index in [4.69, 9.17) is 4.42 Å². The summed E-state index contributed by atoms with van der Waals surface area (Å²) in [6.07, 6.45) is 6.07. The number of hydrogen-bond donors (Lipinski definition) is 0. The van der Waals surface area contributed by atoms with Crippen molar-refractivity contribution in [3.8, 4) is 0 Å². The largest absolute Gasteiger partial charge is 0.464 e. The lowest BCUT2D eigenvalue weighted by Crippen LogP contribution is -2.38. The summed E-state index contributed by atoms with van der Waals surface area (Å²) in [5.41, 5.74) is 1.12. The highest BCUT2D eigenvalue weighted by atomic mass is 32.2. The standard InChI is InChI=1S/C26H37N3O4S/c1-20(2)29(19-23-12-10-21(3)33-23)26(30)22-11-13-24(27-14-6-4-7-15-27)25(18-22)34(31,32)28-16-8-5-9-17-28/h10-13,18,20H,4-9,14-17,19H2,1-3H3. The number of aryl methyl sites for hydroxylation is 1. The predicted molar refractivity (Wildman–Crippen MR) is 134 cm³/mol. The van der Waals surface area contributed by atoms with Crippen molar-refractivity contribution in [2.75, 3.05) is 31.1 Å². The molecule has 186 valence electrons. The molecule has 4 rings (SSSR count). The third kappa shape index (κ3) is 5.33. The molecular formula is C26H37N3O4S. The second-order valence-corrected chi connectivity index (χ2v) is 11.6. The number of nitrogens with zero attached hydrogens (tertiary/aromatic N) is 3. The van der Waals surface area contributed by atoms with Crippen LogP contribution in [0.4, 0.5) is 5.69 Å². The first kappa shape index (κ1) is 24.8. The van der Waals surface area contributed by atoms with Gasteiger partial charge in [-0.15, -0.1) is 0 Å². The van der Waals surface area contributed by atoms with E-state index in [0.717, 1.165) is 63.1 Å². The molecular weight excluding hydrogens is 450 g/mol. The van der Waals surface area contributed by atoms with E-state index in [-0.39, 0.29) is 16.8 Å². The van der Waals surface area contributed by atoms with E-state index in [1.165, 1.54) is 0 Å². The van der Waals surface area contributed by atoms with Crippen LogP contribution in [-0.4, -0.2) is 55.8 Å². The van der Waals surface area contributed by atoms with Crippen molar-refractivity contribution >= 4 is 21.6 Å². The van der Waals surface area contributed by atoms with E-state index in [2.05, 4.69) is 4.90 Å².